The molecule has 4 rings (SSSR count). The molecule has 1 saturated heterocycles. The van der Waals surface area contributed by atoms with Gasteiger partial charge >= 0.3 is 0 Å². The summed E-state index contributed by atoms with van der Waals surface area (Å²) in [6.07, 6.45) is 1.96. The van der Waals surface area contributed by atoms with Crippen LogP contribution in [-0.4, -0.2) is 77.1 Å². The third-order valence-electron chi connectivity index (χ3n) is 5.21. The Morgan fingerprint density at radius 2 is 1.76 bits per heavy atom. The maximum Gasteiger partial charge on any atom is 0.266 e. The quantitative estimate of drug-likeness (QED) is 0.578. The summed E-state index contributed by atoms with van der Waals surface area (Å²) in [5.41, 5.74) is 2.84. The van der Waals surface area contributed by atoms with Gasteiger partial charge < -0.3 is 0 Å². The number of aryl methyl sites for hydroxylation is 3. The average molecular weight is 397 g/mol. The number of piperazine rings is 1. The SMILES string of the molecule is Cc1cc(C)n(-c2ccc(=O)n(CCN3CCN(Cc4cn(C)nn4)CC3)n2)n1. The third kappa shape index (κ3) is 4.60. The van der Waals surface area contributed by atoms with Crippen LogP contribution in [0.5, 0.6) is 0 Å². The molecule has 3 aromatic rings. The van der Waals surface area contributed by atoms with E-state index < -0.39 is 0 Å². The zero-order valence-electron chi connectivity index (χ0n) is 17.2. The fourth-order valence-electron chi connectivity index (χ4n) is 3.68. The lowest BCUT2D eigenvalue weighted by atomic mass is 10.3. The summed E-state index contributed by atoms with van der Waals surface area (Å²) in [7, 11) is 1.88. The summed E-state index contributed by atoms with van der Waals surface area (Å²) in [4.78, 5) is 17.0. The van der Waals surface area contributed by atoms with Gasteiger partial charge in [0.1, 0.15) is 0 Å². The van der Waals surface area contributed by atoms with E-state index in [2.05, 4.69) is 30.3 Å². The Morgan fingerprint density at radius 3 is 2.41 bits per heavy atom. The molecular weight excluding hydrogens is 370 g/mol. The first-order chi connectivity index (χ1) is 14.0. The molecule has 0 unspecified atom stereocenters. The van der Waals surface area contributed by atoms with Gasteiger partial charge in [-0.2, -0.15) is 5.10 Å². The number of hydrogen-bond acceptors (Lipinski definition) is 7. The van der Waals surface area contributed by atoms with Crippen LogP contribution in [0.4, 0.5) is 0 Å². The van der Waals surface area contributed by atoms with Gasteiger partial charge in [-0.1, -0.05) is 5.21 Å². The predicted molar refractivity (Wildman–Crippen MR) is 108 cm³/mol. The molecule has 10 nitrogen and oxygen atoms in total. The second-order valence-electron chi connectivity index (χ2n) is 7.59. The van der Waals surface area contributed by atoms with E-state index in [1.807, 2.05) is 33.2 Å². The average Bonchev–Trinajstić information content (AvgIpc) is 3.26. The van der Waals surface area contributed by atoms with Crippen molar-refractivity contribution >= 4 is 0 Å². The lowest BCUT2D eigenvalue weighted by molar-refractivity contribution is 0.121. The lowest BCUT2D eigenvalue weighted by Gasteiger charge is -2.34. The van der Waals surface area contributed by atoms with Crippen LogP contribution in [0.25, 0.3) is 5.82 Å². The van der Waals surface area contributed by atoms with Gasteiger partial charge in [-0.25, -0.2) is 9.36 Å². The van der Waals surface area contributed by atoms with Gasteiger partial charge in [0.25, 0.3) is 5.56 Å². The van der Waals surface area contributed by atoms with E-state index in [0.717, 1.165) is 56.4 Å². The Kier molecular flexibility index (Phi) is 5.54. The van der Waals surface area contributed by atoms with Gasteiger partial charge in [0.2, 0.25) is 0 Å². The molecule has 1 fully saturated rings. The molecule has 0 aliphatic carbocycles. The van der Waals surface area contributed by atoms with Crippen molar-refractivity contribution in [2.45, 2.75) is 26.9 Å². The summed E-state index contributed by atoms with van der Waals surface area (Å²) in [6.45, 7) is 10.0. The van der Waals surface area contributed by atoms with Gasteiger partial charge in [0.05, 0.1) is 17.9 Å². The normalized spacial score (nSPS) is 15.8. The summed E-state index contributed by atoms with van der Waals surface area (Å²) in [5.74, 6) is 0.670. The Bertz CT molecular complexity index is 1030. The van der Waals surface area contributed by atoms with Crippen molar-refractivity contribution in [3.8, 4) is 5.82 Å². The van der Waals surface area contributed by atoms with Crippen molar-refractivity contribution < 1.29 is 0 Å². The van der Waals surface area contributed by atoms with Crippen LogP contribution < -0.4 is 5.56 Å². The van der Waals surface area contributed by atoms with Gasteiger partial charge in [-0.3, -0.25) is 19.3 Å². The van der Waals surface area contributed by atoms with Crippen LogP contribution in [0, 0.1) is 13.8 Å². The zero-order chi connectivity index (χ0) is 20.4. The Morgan fingerprint density at radius 1 is 1.00 bits per heavy atom. The molecule has 0 N–H and O–H groups in total. The highest BCUT2D eigenvalue weighted by Gasteiger charge is 2.18. The van der Waals surface area contributed by atoms with Crippen molar-refractivity contribution in [3.05, 3.63) is 51.8 Å². The molecule has 10 heteroatoms. The zero-order valence-corrected chi connectivity index (χ0v) is 17.2. The smallest absolute Gasteiger partial charge is 0.266 e. The van der Waals surface area contributed by atoms with Crippen LogP contribution in [-0.2, 0) is 20.1 Å². The van der Waals surface area contributed by atoms with E-state index in [1.165, 1.54) is 4.68 Å². The fraction of sp³-hybridized carbons (Fsp3) is 0.526. The third-order valence-corrected chi connectivity index (χ3v) is 5.21. The van der Waals surface area contributed by atoms with Gasteiger partial charge in [-0.15, -0.1) is 10.2 Å². The fourth-order valence-corrected chi connectivity index (χ4v) is 3.68. The van der Waals surface area contributed by atoms with Crippen molar-refractivity contribution in [1.29, 1.82) is 0 Å². The maximum atomic E-state index is 12.3. The molecule has 0 spiro atoms. The number of aromatic nitrogens is 7. The van der Waals surface area contributed by atoms with Gasteiger partial charge in [-0.05, 0) is 26.0 Å². The molecule has 1 aliphatic rings. The molecule has 0 aromatic carbocycles. The molecule has 154 valence electrons. The number of nitrogens with zero attached hydrogens (tertiary/aromatic N) is 9. The standard InChI is InChI=1S/C19H27N9O/c1-15-12-16(2)28(21-15)18-4-5-19(29)27(22-18)11-10-25-6-8-26(9-7-25)14-17-13-24(3)23-20-17/h4-5,12-13H,6-11,14H2,1-3H3. The maximum absolute atomic E-state index is 12.3. The molecule has 4 heterocycles. The second kappa shape index (κ2) is 8.26. The van der Waals surface area contributed by atoms with Crippen LogP contribution in [0.2, 0.25) is 0 Å². The number of rotatable bonds is 6. The molecule has 29 heavy (non-hydrogen) atoms. The van der Waals surface area contributed by atoms with E-state index in [-0.39, 0.29) is 5.56 Å². The monoisotopic (exact) mass is 397 g/mol. The highest BCUT2D eigenvalue weighted by molar-refractivity contribution is 5.23. The van der Waals surface area contributed by atoms with Gasteiger partial charge in [0.15, 0.2) is 5.82 Å². The highest BCUT2D eigenvalue weighted by atomic mass is 16.1. The van der Waals surface area contributed by atoms with Crippen LogP contribution in [0.15, 0.2) is 29.2 Å². The highest BCUT2D eigenvalue weighted by Crippen LogP contribution is 2.09. The van der Waals surface area contributed by atoms with E-state index in [4.69, 9.17) is 0 Å². The van der Waals surface area contributed by atoms with Crippen LogP contribution in [0.3, 0.4) is 0 Å². The first kappa shape index (κ1) is 19.5. The molecule has 0 atom stereocenters. The predicted octanol–water partition coefficient (Wildman–Crippen LogP) is -0.00786. The van der Waals surface area contributed by atoms with E-state index in [9.17, 15) is 4.79 Å². The number of hydrogen-bond donors (Lipinski definition) is 0. The summed E-state index contributed by atoms with van der Waals surface area (Å²) < 4.78 is 5.05. The summed E-state index contributed by atoms with van der Waals surface area (Å²) in [5, 5.41) is 17.1. The van der Waals surface area contributed by atoms with Crippen LogP contribution in [0.1, 0.15) is 17.1 Å². The van der Waals surface area contributed by atoms with Gasteiger partial charge in [0, 0.05) is 64.3 Å². The molecule has 0 radical (unpaired) electrons. The Labute approximate surface area is 169 Å². The minimum atomic E-state index is -0.0865. The summed E-state index contributed by atoms with van der Waals surface area (Å²) in [6, 6.07) is 5.29. The van der Waals surface area contributed by atoms with E-state index in [1.54, 1.807) is 21.5 Å². The van der Waals surface area contributed by atoms with Crippen molar-refractivity contribution in [2.24, 2.45) is 7.05 Å². The van der Waals surface area contributed by atoms with E-state index >= 15 is 0 Å². The minimum Gasteiger partial charge on any atom is -0.299 e. The van der Waals surface area contributed by atoms with Crippen molar-refractivity contribution in [3.63, 3.8) is 0 Å². The van der Waals surface area contributed by atoms with Crippen LogP contribution >= 0.6 is 0 Å². The molecule has 1 aliphatic heterocycles. The molecular formula is C19H27N9O. The first-order valence-electron chi connectivity index (χ1n) is 9.90. The lowest BCUT2D eigenvalue weighted by Crippen LogP contribution is -2.47. The van der Waals surface area contributed by atoms with E-state index in [0.29, 0.717) is 12.4 Å². The Balaban J connectivity index is 1.33. The van der Waals surface area contributed by atoms with Crippen molar-refractivity contribution in [1.82, 2.24) is 44.4 Å². The molecule has 0 saturated carbocycles. The first-order valence-corrected chi connectivity index (χ1v) is 9.90. The minimum absolute atomic E-state index is 0.0865. The largest absolute Gasteiger partial charge is 0.299 e. The molecule has 0 bridgehead atoms. The second-order valence-corrected chi connectivity index (χ2v) is 7.59. The van der Waals surface area contributed by atoms with Crippen molar-refractivity contribution in [2.75, 3.05) is 32.7 Å². The molecule has 0 amide bonds. The summed E-state index contributed by atoms with van der Waals surface area (Å²) >= 11 is 0. The molecule has 3 aromatic heterocycles. The Hall–Kier alpha value is -2.85. The topological polar surface area (TPSA) is 89.9 Å².